The second kappa shape index (κ2) is 18.2. The van der Waals surface area contributed by atoms with Crippen molar-refractivity contribution in [2.45, 2.75) is 111 Å². The molecule has 218 valence electrons. The molecule has 0 unspecified atom stereocenters. The summed E-state index contributed by atoms with van der Waals surface area (Å²) in [5.74, 6) is 0. The van der Waals surface area contributed by atoms with Crippen LogP contribution in [0, 0.1) is 0 Å². The number of nitrogens with one attached hydrogen (secondary N) is 1. The van der Waals surface area contributed by atoms with E-state index in [1.165, 1.54) is 0 Å². The lowest BCUT2D eigenvalue weighted by Crippen LogP contribution is -2.47. The lowest BCUT2D eigenvalue weighted by molar-refractivity contribution is -0.00287. The molecule has 0 fully saturated rings. The molecule has 0 saturated carbocycles. The van der Waals surface area contributed by atoms with Crippen LogP contribution in [0.5, 0.6) is 0 Å². The molecule has 0 spiro atoms. The summed E-state index contributed by atoms with van der Waals surface area (Å²) in [6.07, 6.45) is 3.59. The zero-order chi connectivity index (χ0) is 28.4. The molecule has 0 aliphatic rings. The third kappa shape index (κ3) is 15.4. The van der Waals surface area contributed by atoms with E-state index in [1.807, 2.05) is 30.3 Å². The number of carbonyl (C=O) groups excluding carboxylic acids is 2. The zero-order valence-electron chi connectivity index (χ0n) is 24.0. The lowest BCUT2D eigenvalue weighted by atomic mass is 10.0. The van der Waals surface area contributed by atoms with Crippen molar-refractivity contribution in [3.63, 3.8) is 0 Å². The topological polar surface area (TPSA) is 109 Å². The van der Waals surface area contributed by atoms with Crippen molar-refractivity contribution in [3.05, 3.63) is 35.9 Å². The van der Waals surface area contributed by atoms with Crippen molar-refractivity contribution in [2.24, 2.45) is 0 Å². The summed E-state index contributed by atoms with van der Waals surface area (Å²) in [7, 11) is -3.39. The number of hydrogen-bond donors (Lipinski definition) is 1. The number of amides is 1. The van der Waals surface area contributed by atoms with Gasteiger partial charge >= 0.3 is 19.8 Å². The molecular weight excluding hydrogens is 509 g/mol. The quantitative estimate of drug-likeness (QED) is 0.112. The summed E-state index contributed by atoms with van der Waals surface area (Å²) < 4.78 is 40.6. The van der Waals surface area contributed by atoms with Gasteiger partial charge in [-0.15, -0.1) is 0 Å². The van der Waals surface area contributed by atoms with Crippen LogP contribution >= 0.6 is 7.60 Å². The molecule has 1 aromatic carbocycles. The van der Waals surface area contributed by atoms with Gasteiger partial charge in [0, 0.05) is 0 Å². The van der Waals surface area contributed by atoms with Gasteiger partial charge in [-0.25, -0.2) is 9.59 Å². The van der Waals surface area contributed by atoms with E-state index in [1.54, 1.807) is 34.6 Å². The number of hydrogen-bond acceptors (Lipinski definition) is 8. The summed E-state index contributed by atoms with van der Waals surface area (Å²) in [5, 5.41) is 2.84. The predicted octanol–water partition coefficient (Wildman–Crippen LogP) is 7.62. The first-order valence-corrected chi connectivity index (χ1v) is 15.5. The summed E-state index contributed by atoms with van der Waals surface area (Å²) >= 11 is 0. The highest BCUT2D eigenvalue weighted by Gasteiger charge is 2.33. The van der Waals surface area contributed by atoms with E-state index in [0.29, 0.717) is 6.42 Å². The summed E-state index contributed by atoms with van der Waals surface area (Å²) in [6.45, 7) is 11.4. The van der Waals surface area contributed by atoms with Gasteiger partial charge in [-0.2, -0.15) is 0 Å². The van der Waals surface area contributed by atoms with Crippen LogP contribution in [0.1, 0.15) is 92.1 Å². The molecule has 2 atom stereocenters. The normalized spacial score (nSPS) is 13.4. The van der Waals surface area contributed by atoms with Crippen LogP contribution in [0.2, 0.25) is 0 Å². The molecule has 0 saturated heterocycles. The fourth-order valence-electron chi connectivity index (χ4n) is 3.83. The largest absolute Gasteiger partial charge is 0.508 e. The Morgan fingerprint density at radius 2 is 1.55 bits per heavy atom. The van der Waals surface area contributed by atoms with Gasteiger partial charge in [0.05, 0.1) is 25.4 Å². The van der Waals surface area contributed by atoms with Crippen molar-refractivity contribution in [2.75, 3.05) is 19.4 Å². The van der Waals surface area contributed by atoms with Crippen LogP contribution in [0.15, 0.2) is 30.3 Å². The Kier molecular flexibility index (Phi) is 16.3. The standard InChI is InChI=1S/C28H48NO8P/c1-7-10-11-12-16-19-25(36-27(31)33-22-23-17-14-13-15-18-23)24(29-26(30)37-28(4,5)6)20-21-38(32,34-8-2)35-9-3/h13-15,17-18,24-25H,7-12,16,19-22H2,1-6H3,(H,29,30)/t24-,25+/m0/s1. The van der Waals surface area contributed by atoms with Gasteiger partial charge in [-0.3, -0.25) is 4.57 Å². The molecule has 9 nitrogen and oxygen atoms in total. The van der Waals surface area contributed by atoms with Crippen LogP contribution in [0.25, 0.3) is 0 Å². The first-order valence-electron chi connectivity index (χ1n) is 13.8. The summed E-state index contributed by atoms with van der Waals surface area (Å²) in [5.41, 5.74) is 0.115. The molecule has 1 N–H and O–H groups in total. The predicted molar refractivity (Wildman–Crippen MR) is 148 cm³/mol. The Morgan fingerprint density at radius 3 is 2.13 bits per heavy atom. The Bertz CT molecular complexity index is 833. The molecular formula is C28H48NO8P. The van der Waals surface area contributed by atoms with Crippen molar-refractivity contribution in [3.8, 4) is 0 Å². The average molecular weight is 558 g/mol. The molecule has 0 radical (unpaired) electrons. The first-order chi connectivity index (χ1) is 18.0. The number of unbranched alkanes of at least 4 members (excludes halogenated alkanes) is 4. The van der Waals surface area contributed by atoms with Gasteiger partial charge < -0.3 is 28.6 Å². The Balaban J connectivity index is 3.06. The molecule has 1 rings (SSSR count). The number of ether oxygens (including phenoxy) is 3. The molecule has 10 heteroatoms. The van der Waals surface area contributed by atoms with E-state index in [9.17, 15) is 14.2 Å². The van der Waals surface area contributed by atoms with E-state index in [-0.39, 0.29) is 32.4 Å². The monoisotopic (exact) mass is 557 g/mol. The van der Waals surface area contributed by atoms with Crippen LogP contribution < -0.4 is 5.32 Å². The molecule has 1 amide bonds. The SMILES string of the molecule is CCCCCCC[C@@H](OC(=O)OCc1ccccc1)[C@H](CCP(=O)(OCC)OCC)NC(=O)OC(C)(C)C. The first kappa shape index (κ1) is 33.9. The zero-order valence-corrected chi connectivity index (χ0v) is 24.9. The smallest absolute Gasteiger partial charge is 0.444 e. The van der Waals surface area contributed by atoms with E-state index in [2.05, 4.69) is 12.2 Å². The molecule has 0 aliphatic carbocycles. The van der Waals surface area contributed by atoms with Gasteiger partial charge in [0.2, 0.25) is 0 Å². The maximum absolute atomic E-state index is 13.1. The maximum Gasteiger partial charge on any atom is 0.508 e. The lowest BCUT2D eigenvalue weighted by Gasteiger charge is -2.30. The van der Waals surface area contributed by atoms with Crippen molar-refractivity contribution in [1.29, 1.82) is 0 Å². The van der Waals surface area contributed by atoms with Gasteiger partial charge in [0.25, 0.3) is 0 Å². The highest BCUT2D eigenvalue weighted by atomic mass is 31.2. The van der Waals surface area contributed by atoms with Crippen LogP contribution in [0.4, 0.5) is 9.59 Å². The molecule has 0 aliphatic heterocycles. The summed E-state index contributed by atoms with van der Waals surface area (Å²) in [6, 6.07) is 8.62. The third-order valence-corrected chi connectivity index (χ3v) is 7.66. The van der Waals surface area contributed by atoms with E-state index in [4.69, 9.17) is 23.3 Å². The Hall–Kier alpha value is -2.09. The number of rotatable bonds is 18. The molecule has 0 aromatic heterocycles. The van der Waals surface area contributed by atoms with Crippen LogP contribution in [-0.4, -0.2) is 49.4 Å². The minimum Gasteiger partial charge on any atom is -0.444 e. The van der Waals surface area contributed by atoms with Crippen LogP contribution in [-0.2, 0) is 34.4 Å². The van der Waals surface area contributed by atoms with Gasteiger partial charge in [0.1, 0.15) is 18.3 Å². The Morgan fingerprint density at radius 1 is 0.921 bits per heavy atom. The van der Waals surface area contributed by atoms with Crippen molar-refractivity contribution in [1.82, 2.24) is 5.32 Å². The number of carbonyl (C=O) groups is 2. The minimum absolute atomic E-state index is 0.0455. The Labute approximate surface area is 228 Å². The highest BCUT2D eigenvalue weighted by molar-refractivity contribution is 7.53. The van der Waals surface area contributed by atoms with Gasteiger partial charge in [-0.1, -0.05) is 62.9 Å². The van der Waals surface area contributed by atoms with Crippen molar-refractivity contribution < 1.29 is 37.4 Å². The molecule has 0 heterocycles. The molecule has 38 heavy (non-hydrogen) atoms. The van der Waals surface area contributed by atoms with E-state index >= 15 is 0 Å². The number of alkyl carbamates (subject to hydrolysis) is 1. The van der Waals surface area contributed by atoms with Gasteiger partial charge in [-0.05, 0) is 59.4 Å². The van der Waals surface area contributed by atoms with Crippen molar-refractivity contribution >= 4 is 19.8 Å². The molecule has 0 bridgehead atoms. The molecule has 1 aromatic rings. The fraction of sp³-hybridized carbons (Fsp3) is 0.714. The van der Waals surface area contributed by atoms with Gasteiger partial charge in [0.15, 0.2) is 0 Å². The fourth-order valence-corrected chi connectivity index (χ4v) is 5.55. The van der Waals surface area contributed by atoms with Crippen LogP contribution in [0.3, 0.4) is 0 Å². The second-order valence-electron chi connectivity index (χ2n) is 10.1. The van der Waals surface area contributed by atoms with E-state index < -0.39 is 37.6 Å². The highest BCUT2D eigenvalue weighted by Crippen LogP contribution is 2.49. The maximum atomic E-state index is 13.1. The van der Waals surface area contributed by atoms with E-state index in [0.717, 1.165) is 37.7 Å². The average Bonchev–Trinajstić information content (AvgIpc) is 2.84. The minimum atomic E-state index is -3.39. The second-order valence-corrected chi connectivity index (χ2v) is 12.3. The number of benzene rings is 1. The summed E-state index contributed by atoms with van der Waals surface area (Å²) in [4.78, 5) is 25.4. The third-order valence-electron chi connectivity index (χ3n) is 5.56.